The number of ketones is 1. The summed E-state index contributed by atoms with van der Waals surface area (Å²) in [5.74, 6) is -0.981. The average Bonchev–Trinajstić information content (AvgIpc) is 2.75. The number of para-hydroxylation sites is 1. The summed E-state index contributed by atoms with van der Waals surface area (Å²) in [5.41, 5.74) is 0.730. The lowest BCUT2D eigenvalue weighted by Crippen LogP contribution is -2.44. The molecule has 0 atom stereocenters. The molecular formula is C23H28FN3O3. The first kappa shape index (κ1) is 21.9. The quantitative estimate of drug-likeness (QED) is 0.673. The van der Waals surface area contributed by atoms with Gasteiger partial charge in [0.25, 0.3) is 5.91 Å². The molecule has 1 amide bonds. The van der Waals surface area contributed by atoms with Gasteiger partial charge in [0, 0.05) is 44.2 Å². The Balaban J connectivity index is 1.61. The molecule has 2 aromatic carbocycles. The topological polar surface area (TPSA) is 61.9 Å². The maximum Gasteiger partial charge on any atom is 0.258 e. The third-order valence-corrected chi connectivity index (χ3v) is 5.37. The van der Waals surface area contributed by atoms with Crippen molar-refractivity contribution in [3.63, 3.8) is 0 Å². The van der Waals surface area contributed by atoms with Crippen LogP contribution in [-0.4, -0.2) is 68.4 Å². The van der Waals surface area contributed by atoms with Crippen LogP contribution < -0.4 is 10.1 Å². The SMILES string of the molecule is COc1ccc(C(=O)Nc2ccccc2C(=O)CCCN2CCN(C)CC2)c(F)c1. The van der Waals surface area contributed by atoms with Crippen molar-refractivity contribution in [1.82, 2.24) is 9.80 Å². The third-order valence-electron chi connectivity index (χ3n) is 5.37. The smallest absolute Gasteiger partial charge is 0.258 e. The first-order valence-corrected chi connectivity index (χ1v) is 10.2. The van der Waals surface area contributed by atoms with Crippen molar-refractivity contribution in [3.8, 4) is 5.75 Å². The normalized spacial score (nSPS) is 15.0. The Bertz CT molecular complexity index is 895. The number of nitrogens with zero attached hydrogens (tertiary/aromatic N) is 2. The van der Waals surface area contributed by atoms with E-state index in [2.05, 4.69) is 22.2 Å². The average molecular weight is 413 g/mol. The lowest BCUT2D eigenvalue weighted by molar-refractivity contribution is 0.0968. The minimum atomic E-state index is -0.678. The first-order chi connectivity index (χ1) is 14.5. The number of likely N-dealkylation sites (N-methyl/N-ethyl adjacent to an activating group) is 1. The van der Waals surface area contributed by atoms with E-state index in [1.165, 1.54) is 19.2 Å². The molecule has 0 spiro atoms. The Morgan fingerprint density at radius 3 is 2.50 bits per heavy atom. The van der Waals surface area contributed by atoms with Crippen LogP contribution in [0.15, 0.2) is 42.5 Å². The number of piperazine rings is 1. The number of nitrogens with one attached hydrogen (secondary N) is 1. The largest absolute Gasteiger partial charge is 0.497 e. The highest BCUT2D eigenvalue weighted by Gasteiger charge is 2.18. The van der Waals surface area contributed by atoms with Gasteiger partial charge < -0.3 is 19.9 Å². The number of hydrogen-bond acceptors (Lipinski definition) is 5. The predicted molar refractivity (Wildman–Crippen MR) is 115 cm³/mol. The number of ether oxygens (including phenoxy) is 1. The maximum absolute atomic E-state index is 14.2. The van der Waals surface area contributed by atoms with Crippen LogP contribution >= 0.6 is 0 Å². The van der Waals surface area contributed by atoms with Crippen molar-refractivity contribution in [2.75, 3.05) is 52.2 Å². The van der Waals surface area contributed by atoms with Crippen molar-refractivity contribution in [1.29, 1.82) is 0 Å². The van der Waals surface area contributed by atoms with Crippen LogP contribution in [0.4, 0.5) is 10.1 Å². The molecule has 7 heteroatoms. The predicted octanol–water partition coefficient (Wildman–Crippen LogP) is 3.30. The van der Waals surface area contributed by atoms with Crippen LogP contribution in [0.2, 0.25) is 0 Å². The van der Waals surface area contributed by atoms with Gasteiger partial charge in [-0.15, -0.1) is 0 Å². The molecule has 1 saturated heterocycles. The molecule has 1 aliphatic rings. The monoisotopic (exact) mass is 413 g/mol. The van der Waals surface area contributed by atoms with E-state index in [-0.39, 0.29) is 11.3 Å². The summed E-state index contributed by atoms with van der Waals surface area (Å²) in [5, 5.41) is 2.67. The Kier molecular flexibility index (Phi) is 7.54. The fourth-order valence-corrected chi connectivity index (χ4v) is 3.50. The van der Waals surface area contributed by atoms with Gasteiger partial charge in [0.15, 0.2) is 5.78 Å². The number of Topliss-reactive ketones (excluding diaryl/α,β-unsaturated/α-hetero) is 1. The number of halogens is 1. The number of amides is 1. The van der Waals surface area contributed by atoms with Crippen LogP contribution in [0.25, 0.3) is 0 Å². The summed E-state index contributed by atoms with van der Waals surface area (Å²) in [6.07, 6.45) is 1.16. The van der Waals surface area contributed by atoms with Crippen LogP contribution in [0, 0.1) is 5.82 Å². The van der Waals surface area contributed by atoms with E-state index in [1.54, 1.807) is 24.3 Å². The van der Waals surface area contributed by atoms with Gasteiger partial charge in [-0.25, -0.2) is 4.39 Å². The molecule has 0 saturated carbocycles. The summed E-state index contributed by atoms with van der Waals surface area (Å²) < 4.78 is 19.2. The molecule has 160 valence electrons. The molecule has 0 bridgehead atoms. The first-order valence-electron chi connectivity index (χ1n) is 10.2. The van der Waals surface area contributed by atoms with Crippen molar-refractivity contribution < 1.29 is 18.7 Å². The molecule has 3 rings (SSSR count). The van der Waals surface area contributed by atoms with Gasteiger partial charge in [0.05, 0.1) is 18.4 Å². The van der Waals surface area contributed by atoms with Crippen molar-refractivity contribution in [2.24, 2.45) is 0 Å². The number of carbonyl (C=O) groups excluding carboxylic acids is 2. The van der Waals surface area contributed by atoms with Crippen LogP contribution in [0.5, 0.6) is 5.75 Å². The lowest BCUT2D eigenvalue weighted by Gasteiger charge is -2.32. The zero-order valence-corrected chi connectivity index (χ0v) is 17.5. The molecule has 0 unspecified atom stereocenters. The summed E-state index contributed by atoms with van der Waals surface area (Å²) in [7, 11) is 3.55. The van der Waals surface area contributed by atoms with Gasteiger partial charge in [0.2, 0.25) is 0 Å². The van der Waals surface area contributed by atoms with Gasteiger partial charge in [-0.1, -0.05) is 12.1 Å². The van der Waals surface area contributed by atoms with Gasteiger partial charge in [-0.05, 0) is 44.3 Å². The van der Waals surface area contributed by atoms with E-state index < -0.39 is 11.7 Å². The van der Waals surface area contributed by atoms with E-state index in [0.29, 0.717) is 23.4 Å². The maximum atomic E-state index is 14.2. The molecule has 1 fully saturated rings. The van der Waals surface area contributed by atoms with E-state index >= 15 is 0 Å². The summed E-state index contributed by atoms with van der Waals surface area (Å²) in [4.78, 5) is 30.0. The highest BCUT2D eigenvalue weighted by molar-refractivity contribution is 6.09. The van der Waals surface area contributed by atoms with Gasteiger partial charge in [-0.3, -0.25) is 9.59 Å². The molecule has 0 aromatic heterocycles. The minimum absolute atomic E-state index is 0.0322. The van der Waals surface area contributed by atoms with E-state index in [4.69, 9.17) is 4.74 Å². The summed E-state index contributed by atoms with van der Waals surface area (Å²) >= 11 is 0. The molecule has 1 N–H and O–H groups in total. The van der Waals surface area contributed by atoms with Crippen molar-refractivity contribution in [2.45, 2.75) is 12.8 Å². The molecule has 30 heavy (non-hydrogen) atoms. The second kappa shape index (κ2) is 10.3. The number of rotatable bonds is 8. The Labute approximate surface area is 176 Å². The number of anilines is 1. The number of carbonyl (C=O) groups is 2. The Morgan fingerprint density at radius 2 is 1.80 bits per heavy atom. The summed E-state index contributed by atoms with van der Waals surface area (Å²) in [6.45, 7) is 5.01. The number of hydrogen-bond donors (Lipinski definition) is 1. The lowest BCUT2D eigenvalue weighted by atomic mass is 10.0. The van der Waals surface area contributed by atoms with E-state index in [9.17, 15) is 14.0 Å². The second-order valence-corrected chi connectivity index (χ2v) is 7.52. The van der Waals surface area contributed by atoms with Gasteiger partial charge in [-0.2, -0.15) is 0 Å². The molecule has 0 radical (unpaired) electrons. The van der Waals surface area contributed by atoms with E-state index in [1.807, 2.05) is 0 Å². The molecule has 1 heterocycles. The number of methoxy groups -OCH3 is 1. The second-order valence-electron chi connectivity index (χ2n) is 7.52. The molecule has 2 aromatic rings. The highest BCUT2D eigenvalue weighted by atomic mass is 19.1. The fourth-order valence-electron chi connectivity index (χ4n) is 3.50. The zero-order valence-electron chi connectivity index (χ0n) is 17.5. The van der Waals surface area contributed by atoms with E-state index in [0.717, 1.165) is 45.2 Å². The minimum Gasteiger partial charge on any atom is -0.497 e. The van der Waals surface area contributed by atoms with Gasteiger partial charge >= 0.3 is 0 Å². The van der Waals surface area contributed by atoms with Crippen LogP contribution in [0.1, 0.15) is 33.6 Å². The Morgan fingerprint density at radius 1 is 1.07 bits per heavy atom. The zero-order chi connectivity index (χ0) is 21.5. The van der Waals surface area contributed by atoms with Crippen LogP contribution in [0.3, 0.4) is 0 Å². The summed E-state index contributed by atoms with van der Waals surface area (Å²) in [6, 6.07) is 10.9. The van der Waals surface area contributed by atoms with Crippen LogP contribution in [-0.2, 0) is 0 Å². The standard InChI is InChI=1S/C23H28FN3O3/c1-26-12-14-27(15-13-26)11-5-8-22(28)19-6-3-4-7-21(19)25-23(29)18-10-9-17(30-2)16-20(18)24/h3-4,6-7,9-10,16H,5,8,11-15H2,1-2H3,(H,25,29). The van der Waals surface area contributed by atoms with Crippen molar-refractivity contribution in [3.05, 3.63) is 59.4 Å². The molecular weight excluding hydrogens is 385 g/mol. The molecule has 6 nitrogen and oxygen atoms in total. The third kappa shape index (κ3) is 5.64. The Hall–Kier alpha value is -2.77. The fraction of sp³-hybridized carbons (Fsp3) is 0.391. The molecule has 1 aliphatic heterocycles. The van der Waals surface area contributed by atoms with Crippen molar-refractivity contribution >= 4 is 17.4 Å². The number of benzene rings is 2. The molecule has 0 aliphatic carbocycles. The van der Waals surface area contributed by atoms with Gasteiger partial charge in [0.1, 0.15) is 11.6 Å². The highest BCUT2D eigenvalue weighted by Crippen LogP contribution is 2.21.